The summed E-state index contributed by atoms with van der Waals surface area (Å²) in [5.41, 5.74) is 3.23. The van der Waals surface area contributed by atoms with Crippen LogP contribution in [0.4, 0.5) is 0 Å². The highest BCUT2D eigenvalue weighted by atomic mass is 35.5. The first-order valence-corrected chi connectivity index (χ1v) is 5.97. The molecular weight excluding hydrogens is 234 g/mol. The number of halogens is 1. The van der Waals surface area contributed by atoms with Crippen molar-refractivity contribution in [3.05, 3.63) is 53.3 Å². The summed E-state index contributed by atoms with van der Waals surface area (Å²) in [7, 11) is 0. The lowest BCUT2D eigenvalue weighted by atomic mass is 10.1. The van der Waals surface area contributed by atoms with Gasteiger partial charge in [-0.15, -0.1) is 11.6 Å². The van der Waals surface area contributed by atoms with Crippen LogP contribution in [0.25, 0.3) is 0 Å². The van der Waals surface area contributed by atoms with Gasteiger partial charge in [-0.2, -0.15) is 0 Å². The molecule has 0 aliphatic carbocycles. The zero-order valence-corrected chi connectivity index (χ0v) is 10.7. The third-order valence-corrected chi connectivity index (χ3v) is 2.80. The van der Waals surface area contributed by atoms with Gasteiger partial charge in [0.05, 0.1) is 6.20 Å². The van der Waals surface area contributed by atoms with Gasteiger partial charge in [-0.3, -0.25) is 4.98 Å². The maximum absolute atomic E-state index is 5.81. The number of alkyl halides is 1. The van der Waals surface area contributed by atoms with Gasteiger partial charge in [-0.1, -0.05) is 12.1 Å². The summed E-state index contributed by atoms with van der Waals surface area (Å²) < 4.78 is 5.81. The largest absolute Gasteiger partial charge is 0.455 e. The Morgan fingerprint density at radius 1 is 1.18 bits per heavy atom. The van der Waals surface area contributed by atoms with Gasteiger partial charge < -0.3 is 4.74 Å². The van der Waals surface area contributed by atoms with Crippen molar-refractivity contribution in [2.24, 2.45) is 0 Å². The van der Waals surface area contributed by atoms with Crippen LogP contribution in [-0.4, -0.2) is 4.98 Å². The third-order valence-electron chi connectivity index (χ3n) is 2.50. The quantitative estimate of drug-likeness (QED) is 0.758. The highest BCUT2D eigenvalue weighted by Crippen LogP contribution is 2.26. The van der Waals surface area contributed by atoms with Gasteiger partial charge in [-0.05, 0) is 42.7 Å². The molecule has 17 heavy (non-hydrogen) atoms. The van der Waals surface area contributed by atoms with Crippen LogP contribution < -0.4 is 4.74 Å². The number of nitrogens with zero attached hydrogens (tertiary/aromatic N) is 1. The molecule has 1 aromatic heterocycles. The monoisotopic (exact) mass is 247 g/mol. The first-order valence-electron chi connectivity index (χ1n) is 5.44. The average Bonchev–Trinajstić information content (AvgIpc) is 2.34. The number of aromatic nitrogens is 1. The first kappa shape index (κ1) is 11.9. The molecular formula is C14H14ClNO. The van der Waals surface area contributed by atoms with E-state index in [0.29, 0.717) is 5.88 Å². The molecule has 0 bridgehead atoms. The van der Waals surface area contributed by atoms with Crippen LogP contribution in [0.1, 0.15) is 16.7 Å². The van der Waals surface area contributed by atoms with Crippen molar-refractivity contribution in [2.75, 3.05) is 0 Å². The standard InChI is InChI=1S/C14H14ClNO/c1-10-3-4-11(2)14(5-10)17-13-6-12(7-15)8-16-9-13/h3-6,8-9H,7H2,1-2H3. The Kier molecular flexibility index (Phi) is 3.64. The number of aryl methyl sites for hydroxylation is 2. The molecule has 0 saturated heterocycles. The van der Waals surface area contributed by atoms with Crippen molar-refractivity contribution in [1.29, 1.82) is 0 Å². The third kappa shape index (κ3) is 2.98. The van der Waals surface area contributed by atoms with Crippen LogP contribution in [0, 0.1) is 13.8 Å². The minimum Gasteiger partial charge on any atom is -0.455 e. The highest BCUT2D eigenvalue weighted by Gasteiger charge is 2.03. The second-order valence-electron chi connectivity index (χ2n) is 4.03. The number of hydrogen-bond donors (Lipinski definition) is 0. The lowest BCUT2D eigenvalue weighted by Crippen LogP contribution is -1.90. The molecule has 0 N–H and O–H groups in total. The Balaban J connectivity index is 2.27. The van der Waals surface area contributed by atoms with Gasteiger partial charge >= 0.3 is 0 Å². The molecule has 1 heterocycles. The number of hydrogen-bond acceptors (Lipinski definition) is 2. The lowest BCUT2D eigenvalue weighted by molar-refractivity contribution is 0.475. The molecule has 3 heteroatoms. The molecule has 0 aliphatic heterocycles. The fourth-order valence-electron chi connectivity index (χ4n) is 1.54. The van der Waals surface area contributed by atoms with E-state index in [9.17, 15) is 0 Å². The maximum Gasteiger partial charge on any atom is 0.146 e. The van der Waals surface area contributed by atoms with Crippen molar-refractivity contribution in [3.63, 3.8) is 0 Å². The van der Waals surface area contributed by atoms with E-state index in [2.05, 4.69) is 11.1 Å². The van der Waals surface area contributed by atoms with E-state index in [1.165, 1.54) is 5.56 Å². The Labute approximate surface area is 106 Å². The van der Waals surface area contributed by atoms with E-state index in [4.69, 9.17) is 16.3 Å². The van der Waals surface area contributed by atoms with Gasteiger partial charge in [0.1, 0.15) is 11.5 Å². The first-order chi connectivity index (χ1) is 8.19. The molecule has 1 aromatic carbocycles. The Morgan fingerprint density at radius 3 is 2.76 bits per heavy atom. The van der Waals surface area contributed by atoms with E-state index in [0.717, 1.165) is 22.6 Å². The van der Waals surface area contributed by atoms with Crippen LogP contribution in [0.2, 0.25) is 0 Å². The predicted octanol–water partition coefficient (Wildman–Crippen LogP) is 4.23. The Bertz CT molecular complexity index is 525. The van der Waals surface area contributed by atoms with Crippen LogP contribution in [0.3, 0.4) is 0 Å². The molecule has 0 atom stereocenters. The SMILES string of the molecule is Cc1ccc(C)c(Oc2cncc(CCl)c2)c1. The zero-order chi connectivity index (χ0) is 12.3. The van der Waals surface area contributed by atoms with Crippen LogP contribution in [0.5, 0.6) is 11.5 Å². The summed E-state index contributed by atoms with van der Waals surface area (Å²) in [6.45, 7) is 4.06. The summed E-state index contributed by atoms with van der Waals surface area (Å²) in [6, 6.07) is 8.03. The van der Waals surface area contributed by atoms with Gasteiger partial charge in [0.25, 0.3) is 0 Å². The van der Waals surface area contributed by atoms with Gasteiger partial charge in [0.15, 0.2) is 0 Å². The van der Waals surface area contributed by atoms with E-state index < -0.39 is 0 Å². The molecule has 2 aromatic rings. The van der Waals surface area contributed by atoms with Crippen molar-refractivity contribution >= 4 is 11.6 Å². The van der Waals surface area contributed by atoms with Crippen molar-refractivity contribution < 1.29 is 4.74 Å². The summed E-state index contributed by atoms with van der Waals surface area (Å²) in [6.07, 6.45) is 3.43. The molecule has 0 fully saturated rings. The highest BCUT2D eigenvalue weighted by molar-refractivity contribution is 6.17. The maximum atomic E-state index is 5.81. The summed E-state index contributed by atoms with van der Waals surface area (Å²) in [4.78, 5) is 4.09. The molecule has 0 unspecified atom stereocenters. The van der Waals surface area contributed by atoms with Crippen molar-refractivity contribution in [1.82, 2.24) is 4.98 Å². The van der Waals surface area contributed by atoms with Gasteiger partial charge in [-0.25, -0.2) is 0 Å². The number of pyridine rings is 1. The molecule has 0 amide bonds. The van der Waals surface area contributed by atoms with Crippen molar-refractivity contribution in [2.45, 2.75) is 19.7 Å². The van der Waals surface area contributed by atoms with E-state index in [1.807, 2.05) is 32.0 Å². The molecule has 2 nitrogen and oxygen atoms in total. The number of ether oxygens (including phenoxy) is 1. The summed E-state index contributed by atoms with van der Waals surface area (Å²) in [5, 5.41) is 0. The summed E-state index contributed by atoms with van der Waals surface area (Å²) >= 11 is 5.76. The average molecular weight is 248 g/mol. The minimum absolute atomic E-state index is 0.441. The molecule has 0 radical (unpaired) electrons. The van der Waals surface area contributed by atoms with Crippen molar-refractivity contribution in [3.8, 4) is 11.5 Å². The fraction of sp³-hybridized carbons (Fsp3) is 0.214. The second kappa shape index (κ2) is 5.19. The normalized spacial score (nSPS) is 10.3. The molecule has 2 rings (SSSR count). The smallest absolute Gasteiger partial charge is 0.146 e. The second-order valence-corrected chi connectivity index (χ2v) is 4.30. The predicted molar refractivity (Wildman–Crippen MR) is 69.8 cm³/mol. The van der Waals surface area contributed by atoms with Gasteiger partial charge in [0.2, 0.25) is 0 Å². The minimum atomic E-state index is 0.441. The zero-order valence-electron chi connectivity index (χ0n) is 9.90. The molecule has 0 spiro atoms. The van der Waals surface area contributed by atoms with Crippen LogP contribution in [0.15, 0.2) is 36.7 Å². The van der Waals surface area contributed by atoms with Crippen LogP contribution >= 0.6 is 11.6 Å². The lowest BCUT2D eigenvalue weighted by Gasteiger charge is -2.09. The number of rotatable bonds is 3. The number of benzene rings is 1. The van der Waals surface area contributed by atoms with E-state index >= 15 is 0 Å². The van der Waals surface area contributed by atoms with E-state index in [-0.39, 0.29) is 0 Å². The van der Waals surface area contributed by atoms with Crippen LogP contribution in [-0.2, 0) is 5.88 Å². The Morgan fingerprint density at radius 2 is 2.00 bits per heavy atom. The topological polar surface area (TPSA) is 22.1 Å². The fourth-order valence-corrected chi connectivity index (χ4v) is 1.68. The van der Waals surface area contributed by atoms with E-state index in [1.54, 1.807) is 12.4 Å². The molecule has 0 saturated carbocycles. The summed E-state index contributed by atoms with van der Waals surface area (Å²) in [5.74, 6) is 2.02. The van der Waals surface area contributed by atoms with Gasteiger partial charge in [0, 0.05) is 12.1 Å². The molecule has 88 valence electrons. The molecule has 0 aliphatic rings. The Hall–Kier alpha value is -1.54.